The average Bonchev–Trinajstić information content (AvgIpc) is 3.04. The molecule has 0 amide bonds. The maximum atomic E-state index is 4.52. The first-order chi connectivity index (χ1) is 11.2. The van der Waals surface area contributed by atoms with Gasteiger partial charge in [0.15, 0.2) is 5.13 Å². The molecule has 0 radical (unpaired) electrons. The Balaban J connectivity index is 1.47. The number of likely N-dealkylation sites (N-methyl/N-ethyl adjacent to an activating group) is 1. The molecule has 3 rings (SSSR count). The molecule has 0 saturated carbocycles. The predicted molar refractivity (Wildman–Crippen MR) is 99.2 cm³/mol. The van der Waals surface area contributed by atoms with E-state index in [2.05, 4.69) is 58.3 Å². The monoisotopic (exact) mass is 330 g/mol. The van der Waals surface area contributed by atoms with Gasteiger partial charge in [0.05, 0.1) is 4.88 Å². The minimum Gasteiger partial charge on any atom is -0.359 e. The summed E-state index contributed by atoms with van der Waals surface area (Å²) < 4.78 is 0. The molecule has 2 heterocycles. The summed E-state index contributed by atoms with van der Waals surface area (Å²) in [6.45, 7) is 8.18. The number of nitrogens with one attached hydrogen (secondary N) is 1. The van der Waals surface area contributed by atoms with Crippen molar-refractivity contribution in [3.05, 3.63) is 36.5 Å². The second-order valence-electron chi connectivity index (χ2n) is 6.37. The van der Waals surface area contributed by atoms with E-state index < -0.39 is 0 Å². The summed E-state index contributed by atoms with van der Waals surface area (Å²) in [4.78, 5) is 10.7. The van der Waals surface area contributed by atoms with E-state index in [-0.39, 0.29) is 0 Å². The molecule has 1 aliphatic rings. The first kappa shape index (κ1) is 16.4. The summed E-state index contributed by atoms with van der Waals surface area (Å²) in [6, 6.07) is 10.9. The Kier molecular flexibility index (Phi) is 5.65. The molecule has 1 N–H and O–H groups in total. The Morgan fingerprint density at radius 2 is 1.91 bits per heavy atom. The van der Waals surface area contributed by atoms with Crippen LogP contribution in [-0.2, 0) is 0 Å². The quantitative estimate of drug-likeness (QED) is 0.881. The summed E-state index contributed by atoms with van der Waals surface area (Å²) in [5, 5.41) is 4.57. The molecular weight excluding hydrogens is 304 g/mol. The van der Waals surface area contributed by atoms with Crippen molar-refractivity contribution < 1.29 is 0 Å². The molecule has 1 unspecified atom stereocenters. The summed E-state index contributed by atoms with van der Waals surface area (Å²) in [5.41, 5.74) is 1.24. The normalized spacial score (nSPS) is 18.0. The predicted octanol–water partition coefficient (Wildman–Crippen LogP) is 3.25. The van der Waals surface area contributed by atoms with E-state index in [9.17, 15) is 0 Å². The van der Waals surface area contributed by atoms with Gasteiger partial charge in [-0.3, -0.25) is 0 Å². The Labute approximate surface area is 143 Å². The number of hydrogen-bond acceptors (Lipinski definition) is 5. The van der Waals surface area contributed by atoms with Gasteiger partial charge in [-0.1, -0.05) is 41.7 Å². The fourth-order valence-electron chi connectivity index (χ4n) is 2.81. The van der Waals surface area contributed by atoms with E-state index >= 15 is 0 Å². The Bertz CT molecular complexity index is 590. The van der Waals surface area contributed by atoms with Crippen molar-refractivity contribution >= 4 is 16.5 Å². The van der Waals surface area contributed by atoms with E-state index in [0.717, 1.165) is 11.6 Å². The van der Waals surface area contributed by atoms with Crippen LogP contribution in [0.1, 0.15) is 13.3 Å². The molecule has 1 fully saturated rings. The summed E-state index contributed by atoms with van der Waals surface area (Å²) in [6.07, 6.45) is 3.12. The summed E-state index contributed by atoms with van der Waals surface area (Å²) >= 11 is 1.73. The van der Waals surface area contributed by atoms with Crippen molar-refractivity contribution in [2.24, 2.45) is 0 Å². The highest BCUT2D eigenvalue weighted by atomic mass is 32.1. The van der Waals surface area contributed by atoms with E-state index in [1.54, 1.807) is 11.3 Å². The highest BCUT2D eigenvalue weighted by Crippen LogP contribution is 2.29. The lowest BCUT2D eigenvalue weighted by atomic mass is 10.2. The molecule has 124 valence electrons. The lowest BCUT2D eigenvalue weighted by molar-refractivity contribution is 0.151. The molecule has 1 aromatic heterocycles. The van der Waals surface area contributed by atoms with Crippen LogP contribution in [0.5, 0.6) is 0 Å². The molecule has 0 aliphatic carbocycles. The third-order valence-corrected chi connectivity index (χ3v) is 5.39. The first-order valence-electron chi connectivity index (χ1n) is 8.39. The molecule has 1 saturated heterocycles. The van der Waals surface area contributed by atoms with Gasteiger partial charge in [-0.15, -0.1) is 0 Å². The number of benzene rings is 1. The van der Waals surface area contributed by atoms with Gasteiger partial charge in [-0.2, -0.15) is 0 Å². The standard InChI is InChI=1S/C18H26N4S/c1-15(8-9-22-12-10-21(2)11-13-22)20-18-19-14-17(23-18)16-6-4-3-5-7-16/h3-7,14-15H,8-13H2,1-2H3,(H,19,20). The van der Waals surface area contributed by atoms with Crippen LogP contribution in [0, 0.1) is 0 Å². The molecule has 5 heteroatoms. The van der Waals surface area contributed by atoms with Crippen molar-refractivity contribution in [3.63, 3.8) is 0 Å². The molecular formula is C18H26N4S. The van der Waals surface area contributed by atoms with E-state index in [1.165, 1.54) is 43.2 Å². The van der Waals surface area contributed by atoms with Crippen molar-refractivity contribution in [3.8, 4) is 10.4 Å². The Hall–Kier alpha value is -1.43. The number of thiazole rings is 1. The summed E-state index contributed by atoms with van der Waals surface area (Å²) in [7, 11) is 2.20. The smallest absolute Gasteiger partial charge is 0.183 e. The van der Waals surface area contributed by atoms with Crippen LogP contribution in [0.2, 0.25) is 0 Å². The van der Waals surface area contributed by atoms with Crippen molar-refractivity contribution in [1.29, 1.82) is 0 Å². The van der Waals surface area contributed by atoms with Crippen LogP contribution in [0.3, 0.4) is 0 Å². The zero-order valence-corrected chi connectivity index (χ0v) is 14.9. The van der Waals surface area contributed by atoms with Crippen molar-refractivity contribution in [2.45, 2.75) is 19.4 Å². The first-order valence-corrected chi connectivity index (χ1v) is 9.21. The van der Waals surface area contributed by atoms with Gasteiger partial charge in [0.1, 0.15) is 0 Å². The van der Waals surface area contributed by atoms with Crippen LogP contribution < -0.4 is 5.32 Å². The minimum atomic E-state index is 0.449. The molecule has 2 aromatic rings. The average molecular weight is 331 g/mol. The highest BCUT2D eigenvalue weighted by Gasteiger charge is 2.15. The van der Waals surface area contributed by atoms with Crippen LogP contribution in [0.4, 0.5) is 5.13 Å². The van der Waals surface area contributed by atoms with E-state index in [4.69, 9.17) is 0 Å². The zero-order chi connectivity index (χ0) is 16.1. The molecule has 4 nitrogen and oxygen atoms in total. The molecule has 0 spiro atoms. The van der Waals surface area contributed by atoms with Gasteiger partial charge in [-0.05, 0) is 26.0 Å². The fraction of sp³-hybridized carbons (Fsp3) is 0.500. The third kappa shape index (κ3) is 4.77. The topological polar surface area (TPSA) is 31.4 Å². The van der Waals surface area contributed by atoms with Crippen LogP contribution in [0.25, 0.3) is 10.4 Å². The Morgan fingerprint density at radius 3 is 2.65 bits per heavy atom. The van der Waals surface area contributed by atoms with Crippen LogP contribution in [-0.4, -0.2) is 60.6 Å². The number of rotatable bonds is 6. The van der Waals surface area contributed by atoms with E-state index in [1.807, 2.05) is 12.3 Å². The molecule has 1 aliphatic heterocycles. The molecule has 1 atom stereocenters. The second kappa shape index (κ2) is 7.90. The number of hydrogen-bond donors (Lipinski definition) is 1. The van der Waals surface area contributed by atoms with Gasteiger partial charge in [-0.25, -0.2) is 4.98 Å². The SMILES string of the molecule is CC(CCN1CCN(C)CC1)Nc1ncc(-c2ccccc2)s1. The minimum absolute atomic E-state index is 0.449. The van der Waals surface area contributed by atoms with Crippen molar-refractivity contribution in [1.82, 2.24) is 14.8 Å². The number of aromatic nitrogens is 1. The van der Waals surface area contributed by atoms with Gasteiger partial charge in [0.25, 0.3) is 0 Å². The van der Waals surface area contributed by atoms with Gasteiger partial charge < -0.3 is 15.1 Å². The maximum Gasteiger partial charge on any atom is 0.183 e. The lowest BCUT2D eigenvalue weighted by Crippen LogP contribution is -2.45. The fourth-order valence-corrected chi connectivity index (χ4v) is 3.74. The summed E-state index contributed by atoms with van der Waals surface area (Å²) in [5.74, 6) is 0. The largest absolute Gasteiger partial charge is 0.359 e. The second-order valence-corrected chi connectivity index (χ2v) is 7.41. The van der Waals surface area contributed by atoms with Gasteiger partial charge in [0, 0.05) is 45.0 Å². The Morgan fingerprint density at radius 1 is 1.17 bits per heavy atom. The number of piperazine rings is 1. The lowest BCUT2D eigenvalue weighted by Gasteiger charge is -2.32. The number of nitrogens with zero attached hydrogens (tertiary/aromatic N) is 3. The number of anilines is 1. The third-order valence-electron chi connectivity index (χ3n) is 4.41. The highest BCUT2D eigenvalue weighted by molar-refractivity contribution is 7.18. The molecule has 23 heavy (non-hydrogen) atoms. The van der Waals surface area contributed by atoms with Gasteiger partial charge >= 0.3 is 0 Å². The van der Waals surface area contributed by atoms with Gasteiger partial charge in [0.2, 0.25) is 0 Å². The molecule has 0 bridgehead atoms. The maximum absolute atomic E-state index is 4.52. The van der Waals surface area contributed by atoms with E-state index in [0.29, 0.717) is 6.04 Å². The molecule has 1 aromatic carbocycles. The van der Waals surface area contributed by atoms with Crippen LogP contribution in [0.15, 0.2) is 36.5 Å². The van der Waals surface area contributed by atoms with Crippen LogP contribution >= 0.6 is 11.3 Å². The van der Waals surface area contributed by atoms with Crippen molar-refractivity contribution in [2.75, 3.05) is 45.1 Å². The zero-order valence-electron chi connectivity index (χ0n) is 14.0.